The lowest BCUT2D eigenvalue weighted by molar-refractivity contribution is 0.0696. The van der Waals surface area contributed by atoms with Crippen LogP contribution in [0.25, 0.3) is 0 Å². The standard InChI is InChI=1S/C14H15N3O3S/c18-13(19)11-3-1-2-10(6-11)7-16-14(20)15-5-4-12-8-21-9-17-12/h1-3,6,8-9H,4-5,7H2,(H,18,19)(H2,15,16,20). The number of benzene rings is 1. The van der Waals surface area contributed by atoms with Gasteiger partial charge >= 0.3 is 12.0 Å². The Morgan fingerprint density at radius 3 is 2.86 bits per heavy atom. The van der Waals surface area contributed by atoms with Crippen molar-refractivity contribution in [2.75, 3.05) is 6.54 Å². The molecule has 0 bridgehead atoms. The van der Waals surface area contributed by atoms with Crippen LogP contribution in [0.2, 0.25) is 0 Å². The fraction of sp³-hybridized carbons (Fsp3) is 0.214. The van der Waals surface area contributed by atoms with Gasteiger partial charge in [-0.3, -0.25) is 0 Å². The number of aromatic carboxylic acids is 1. The summed E-state index contributed by atoms with van der Waals surface area (Å²) in [6.45, 7) is 0.786. The van der Waals surface area contributed by atoms with Crippen LogP contribution in [-0.4, -0.2) is 28.6 Å². The number of hydrogen-bond acceptors (Lipinski definition) is 4. The molecule has 2 rings (SSSR count). The van der Waals surface area contributed by atoms with Crippen molar-refractivity contribution >= 4 is 23.3 Å². The largest absolute Gasteiger partial charge is 0.478 e. The highest BCUT2D eigenvalue weighted by molar-refractivity contribution is 7.07. The lowest BCUT2D eigenvalue weighted by Gasteiger charge is -2.07. The second kappa shape index (κ2) is 7.39. The highest BCUT2D eigenvalue weighted by atomic mass is 32.1. The summed E-state index contributed by atoms with van der Waals surface area (Å²) in [7, 11) is 0. The van der Waals surface area contributed by atoms with Gasteiger partial charge in [0.05, 0.1) is 16.8 Å². The van der Waals surface area contributed by atoms with Crippen molar-refractivity contribution in [1.29, 1.82) is 0 Å². The fourth-order valence-electron chi connectivity index (χ4n) is 1.72. The van der Waals surface area contributed by atoms with Gasteiger partial charge in [-0.1, -0.05) is 12.1 Å². The first-order chi connectivity index (χ1) is 10.1. The Labute approximate surface area is 125 Å². The van der Waals surface area contributed by atoms with Crippen molar-refractivity contribution in [1.82, 2.24) is 15.6 Å². The molecule has 2 aromatic rings. The summed E-state index contributed by atoms with van der Waals surface area (Å²) in [6.07, 6.45) is 0.686. The molecule has 0 atom stereocenters. The van der Waals surface area contributed by atoms with E-state index in [0.717, 1.165) is 11.3 Å². The van der Waals surface area contributed by atoms with Gasteiger partial charge in [-0.05, 0) is 17.7 Å². The van der Waals surface area contributed by atoms with Crippen molar-refractivity contribution in [2.45, 2.75) is 13.0 Å². The van der Waals surface area contributed by atoms with Gasteiger partial charge in [0.2, 0.25) is 0 Å². The van der Waals surface area contributed by atoms with E-state index in [4.69, 9.17) is 5.11 Å². The van der Waals surface area contributed by atoms with Gasteiger partial charge in [-0.2, -0.15) is 0 Å². The molecule has 3 N–H and O–H groups in total. The topological polar surface area (TPSA) is 91.3 Å². The number of nitrogens with one attached hydrogen (secondary N) is 2. The molecule has 7 heteroatoms. The van der Waals surface area contributed by atoms with Gasteiger partial charge in [-0.25, -0.2) is 14.6 Å². The zero-order chi connectivity index (χ0) is 15.1. The lowest BCUT2D eigenvalue weighted by Crippen LogP contribution is -2.36. The number of aromatic nitrogens is 1. The molecule has 0 unspecified atom stereocenters. The van der Waals surface area contributed by atoms with Crippen molar-refractivity contribution in [3.8, 4) is 0 Å². The van der Waals surface area contributed by atoms with Crippen LogP contribution in [0.1, 0.15) is 21.6 Å². The number of hydrogen-bond donors (Lipinski definition) is 3. The van der Waals surface area contributed by atoms with E-state index in [0.29, 0.717) is 13.0 Å². The number of nitrogens with zero attached hydrogens (tertiary/aromatic N) is 1. The third-order valence-corrected chi connectivity index (χ3v) is 3.41. The van der Waals surface area contributed by atoms with Crippen LogP contribution in [0, 0.1) is 0 Å². The molecule has 1 heterocycles. The minimum absolute atomic E-state index is 0.207. The van der Waals surface area contributed by atoms with E-state index in [9.17, 15) is 9.59 Å². The molecule has 1 aromatic carbocycles. The van der Waals surface area contributed by atoms with E-state index in [2.05, 4.69) is 15.6 Å². The molecule has 0 spiro atoms. The van der Waals surface area contributed by atoms with Crippen LogP contribution in [0.4, 0.5) is 4.79 Å². The van der Waals surface area contributed by atoms with Gasteiger partial charge in [0.25, 0.3) is 0 Å². The zero-order valence-electron chi connectivity index (χ0n) is 11.2. The Morgan fingerprint density at radius 2 is 2.14 bits per heavy atom. The Bertz CT molecular complexity index is 614. The minimum atomic E-state index is -0.982. The second-order valence-corrected chi connectivity index (χ2v) is 5.06. The molecule has 0 aliphatic rings. The maximum Gasteiger partial charge on any atom is 0.335 e. The lowest BCUT2D eigenvalue weighted by atomic mass is 10.1. The quantitative estimate of drug-likeness (QED) is 0.760. The Balaban J connectivity index is 1.73. The number of carbonyl (C=O) groups excluding carboxylic acids is 1. The summed E-state index contributed by atoms with van der Waals surface area (Å²) in [5, 5.41) is 16.2. The molecule has 0 fully saturated rings. The molecule has 0 saturated heterocycles. The third kappa shape index (κ3) is 4.88. The van der Waals surface area contributed by atoms with Crippen molar-refractivity contribution < 1.29 is 14.7 Å². The number of urea groups is 1. The summed E-state index contributed by atoms with van der Waals surface area (Å²) in [5.41, 5.74) is 3.66. The van der Waals surface area contributed by atoms with Gasteiger partial charge < -0.3 is 15.7 Å². The van der Waals surface area contributed by atoms with Crippen LogP contribution < -0.4 is 10.6 Å². The number of carbonyl (C=O) groups is 2. The molecule has 0 aliphatic heterocycles. The van der Waals surface area contributed by atoms with Crippen molar-refractivity contribution in [3.63, 3.8) is 0 Å². The van der Waals surface area contributed by atoms with E-state index < -0.39 is 5.97 Å². The summed E-state index contributed by atoms with van der Waals surface area (Å²) in [6, 6.07) is 6.19. The average molecular weight is 305 g/mol. The normalized spacial score (nSPS) is 10.1. The number of carboxylic acid groups (broad SMARTS) is 1. The Morgan fingerprint density at radius 1 is 1.29 bits per heavy atom. The predicted octanol–water partition coefficient (Wildman–Crippen LogP) is 1.88. The summed E-state index contributed by atoms with van der Waals surface area (Å²) >= 11 is 1.52. The van der Waals surface area contributed by atoms with E-state index in [1.807, 2.05) is 5.38 Å². The van der Waals surface area contributed by atoms with E-state index in [-0.39, 0.29) is 18.1 Å². The minimum Gasteiger partial charge on any atom is -0.478 e. The van der Waals surface area contributed by atoms with E-state index in [1.165, 1.54) is 23.5 Å². The van der Waals surface area contributed by atoms with Gasteiger partial charge in [-0.15, -0.1) is 11.3 Å². The number of rotatable bonds is 6. The monoisotopic (exact) mass is 305 g/mol. The fourth-order valence-corrected chi connectivity index (χ4v) is 2.32. The second-order valence-electron chi connectivity index (χ2n) is 4.34. The number of thiazole rings is 1. The van der Waals surface area contributed by atoms with Crippen LogP contribution in [0.3, 0.4) is 0 Å². The van der Waals surface area contributed by atoms with Crippen LogP contribution in [0.5, 0.6) is 0 Å². The van der Waals surface area contributed by atoms with Crippen molar-refractivity contribution in [3.05, 3.63) is 52.0 Å². The maximum absolute atomic E-state index is 11.6. The number of amides is 2. The molecule has 21 heavy (non-hydrogen) atoms. The van der Waals surface area contributed by atoms with E-state index >= 15 is 0 Å². The summed E-state index contributed by atoms with van der Waals surface area (Å²) in [4.78, 5) is 26.6. The molecular formula is C14H15N3O3S. The van der Waals surface area contributed by atoms with Crippen molar-refractivity contribution in [2.24, 2.45) is 0 Å². The highest BCUT2D eigenvalue weighted by Crippen LogP contribution is 2.05. The first-order valence-electron chi connectivity index (χ1n) is 6.36. The van der Waals surface area contributed by atoms with Crippen LogP contribution in [-0.2, 0) is 13.0 Å². The molecule has 1 aromatic heterocycles. The third-order valence-electron chi connectivity index (χ3n) is 2.78. The number of carboxylic acids is 1. The molecule has 0 aliphatic carbocycles. The molecular weight excluding hydrogens is 290 g/mol. The van der Waals surface area contributed by atoms with Gasteiger partial charge in [0, 0.05) is 24.9 Å². The molecule has 2 amide bonds. The summed E-state index contributed by atoms with van der Waals surface area (Å²) < 4.78 is 0. The van der Waals surface area contributed by atoms with Crippen LogP contribution in [0.15, 0.2) is 35.2 Å². The zero-order valence-corrected chi connectivity index (χ0v) is 12.0. The first-order valence-corrected chi connectivity index (χ1v) is 7.30. The molecule has 6 nitrogen and oxygen atoms in total. The maximum atomic E-state index is 11.6. The van der Waals surface area contributed by atoms with Crippen LogP contribution >= 0.6 is 11.3 Å². The Kier molecular flexibility index (Phi) is 5.28. The first kappa shape index (κ1) is 15.0. The molecule has 0 radical (unpaired) electrons. The predicted molar refractivity (Wildman–Crippen MR) is 79.5 cm³/mol. The highest BCUT2D eigenvalue weighted by Gasteiger charge is 2.05. The van der Waals surface area contributed by atoms with Gasteiger partial charge in [0.15, 0.2) is 0 Å². The van der Waals surface area contributed by atoms with Gasteiger partial charge in [0.1, 0.15) is 0 Å². The Hall–Kier alpha value is -2.41. The molecule has 110 valence electrons. The average Bonchev–Trinajstić information content (AvgIpc) is 2.99. The molecule has 0 saturated carbocycles. The summed E-state index contributed by atoms with van der Waals surface area (Å²) in [5.74, 6) is -0.982. The van der Waals surface area contributed by atoms with E-state index in [1.54, 1.807) is 17.6 Å². The SMILES string of the molecule is O=C(NCCc1cscn1)NCc1cccc(C(=O)O)c1. The smallest absolute Gasteiger partial charge is 0.335 e.